The Bertz CT molecular complexity index is 657. The van der Waals surface area contributed by atoms with Gasteiger partial charge in [0.25, 0.3) is 0 Å². The third-order valence-electron chi connectivity index (χ3n) is 2.79. The van der Waals surface area contributed by atoms with Gasteiger partial charge in [-0.2, -0.15) is 13.2 Å². The third kappa shape index (κ3) is 4.73. The van der Waals surface area contributed by atoms with Crippen molar-refractivity contribution in [1.29, 1.82) is 0 Å². The van der Waals surface area contributed by atoms with E-state index in [9.17, 15) is 18.0 Å². The molecule has 2 aromatic rings. The smallest absolute Gasteiger partial charge is 0.416 e. The molecule has 1 aromatic heterocycles. The Balaban J connectivity index is 1.93. The van der Waals surface area contributed by atoms with Gasteiger partial charge in [-0.15, -0.1) is 0 Å². The van der Waals surface area contributed by atoms with E-state index in [1.165, 1.54) is 18.3 Å². The fourth-order valence-corrected chi connectivity index (χ4v) is 1.84. The highest BCUT2D eigenvalue weighted by atomic mass is 35.5. The summed E-state index contributed by atoms with van der Waals surface area (Å²) in [6.45, 7) is -0.0119. The van der Waals surface area contributed by atoms with Crippen LogP contribution in [0.25, 0.3) is 0 Å². The van der Waals surface area contributed by atoms with Gasteiger partial charge in [0, 0.05) is 11.8 Å². The zero-order valence-corrected chi connectivity index (χ0v) is 12.0. The fourth-order valence-electron chi connectivity index (χ4n) is 1.73. The number of carbonyl (C=O) groups excluding carboxylic acids is 1. The molecular weight excluding hydrogens is 319 g/mol. The van der Waals surface area contributed by atoms with Gasteiger partial charge in [-0.25, -0.2) is 4.98 Å². The van der Waals surface area contributed by atoms with Crippen molar-refractivity contribution in [2.24, 2.45) is 0 Å². The summed E-state index contributed by atoms with van der Waals surface area (Å²) in [5, 5.41) is 0.319. The standard InChI is InChI=1S/C15H11ClF3NO2/c16-13-5-4-11(8-20-13)9-22-14(21)7-10-2-1-3-12(6-10)15(17,18)19/h1-6,8H,7,9H2. The number of hydrogen-bond acceptors (Lipinski definition) is 3. The number of pyridine rings is 1. The van der Waals surface area contributed by atoms with Gasteiger partial charge in [0.1, 0.15) is 11.8 Å². The highest BCUT2D eigenvalue weighted by Crippen LogP contribution is 2.29. The van der Waals surface area contributed by atoms with E-state index in [2.05, 4.69) is 4.98 Å². The lowest BCUT2D eigenvalue weighted by Crippen LogP contribution is -2.10. The van der Waals surface area contributed by atoms with Gasteiger partial charge in [0.05, 0.1) is 12.0 Å². The zero-order valence-electron chi connectivity index (χ0n) is 11.2. The molecule has 0 fully saturated rings. The van der Waals surface area contributed by atoms with Crippen LogP contribution in [0.1, 0.15) is 16.7 Å². The van der Waals surface area contributed by atoms with Gasteiger partial charge in [-0.1, -0.05) is 35.9 Å². The number of halogens is 4. The second-order valence-electron chi connectivity index (χ2n) is 4.52. The first-order valence-electron chi connectivity index (χ1n) is 6.27. The van der Waals surface area contributed by atoms with Gasteiger partial charge in [0.2, 0.25) is 0 Å². The first-order chi connectivity index (χ1) is 10.3. The highest BCUT2D eigenvalue weighted by Gasteiger charge is 2.30. The molecule has 1 heterocycles. The fraction of sp³-hybridized carbons (Fsp3) is 0.200. The van der Waals surface area contributed by atoms with E-state index in [0.717, 1.165) is 12.1 Å². The van der Waals surface area contributed by atoms with E-state index in [-0.39, 0.29) is 18.6 Å². The maximum atomic E-state index is 12.6. The van der Waals surface area contributed by atoms with E-state index < -0.39 is 17.7 Å². The predicted molar refractivity (Wildman–Crippen MR) is 74.2 cm³/mol. The molecule has 1 aromatic carbocycles. The predicted octanol–water partition coefficient (Wildman–Crippen LogP) is 4.04. The minimum Gasteiger partial charge on any atom is -0.460 e. The van der Waals surface area contributed by atoms with E-state index in [1.54, 1.807) is 12.1 Å². The number of esters is 1. The molecule has 0 radical (unpaired) electrons. The molecule has 0 atom stereocenters. The van der Waals surface area contributed by atoms with Crippen molar-refractivity contribution < 1.29 is 22.7 Å². The Morgan fingerprint density at radius 1 is 1.18 bits per heavy atom. The molecule has 0 spiro atoms. The van der Waals surface area contributed by atoms with Crippen LogP contribution in [-0.2, 0) is 28.7 Å². The van der Waals surface area contributed by atoms with Crippen molar-refractivity contribution in [2.45, 2.75) is 19.2 Å². The lowest BCUT2D eigenvalue weighted by Gasteiger charge is -2.09. The Morgan fingerprint density at radius 3 is 2.59 bits per heavy atom. The summed E-state index contributed by atoms with van der Waals surface area (Å²) in [5.41, 5.74) is 0.0931. The van der Waals surface area contributed by atoms with Crippen molar-refractivity contribution in [3.63, 3.8) is 0 Å². The molecule has 0 saturated carbocycles. The van der Waals surface area contributed by atoms with E-state index in [0.29, 0.717) is 10.7 Å². The molecule has 2 rings (SSSR count). The van der Waals surface area contributed by atoms with Crippen LogP contribution in [0.3, 0.4) is 0 Å². The number of ether oxygens (including phenoxy) is 1. The van der Waals surface area contributed by atoms with Crippen LogP contribution in [-0.4, -0.2) is 11.0 Å². The maximum Gasteiger partial charge on any atom is 0.416 e. The molecule has 0 N–H and O–H groups in total. The Morgan fingerprint density at radius 2 is 1.95 bits per heavy atom. The Kier molecular flexibility index (Phi) is 5.03. The average Bonchev–Trinajstić information content (AvgIpc) is 2.46. The zero-order chi connectivity index (χ0) is 16.2. The molecule has 0 aliphatic heterocycles. The third-order valence-corrected chi connectivity index (χ3v) is 3.01. The summed E-state index contributed by atoms with van der Waals surface area (Å²) in [4.78, 5) is 15.5. The normalized spacial score (nSPS) is 11.3. The molecule has 0 aliphatic carbocycles. The SMILES string of the molecule is O=C(Cc1cccc(C(F)(F)F)c1)OCc1ccc(Cl)nc1. The minimum absolute atomic E-state index is 0.0119. The maximum absolute atomic E-state index is 12.6. The topological polar surface area (TPSA) is 39.2 Å². The van der Waals surface area contributed by atoms with Crippen LogP contribution in [0, 0.1) is 0 Å². The molecule has 0 saturated heterocycles. The van der Waals surface area contributed by atoms with Crippen LogP contribution in [0.15, 0.2) is 42.6 Å². The summed E-state index contributed by atoms with van der Waals surface area (Å²) in [5.74, 6) is -0.616. The van der Waals surface area contributed by atoms with E-state index >= 15 is 0 Å². The number of carbonyl (C=O) groups is 1. The summed E-state index contributed by atoms with van der Waals surface area (Å²) < 4.78 is 42.7. The van der Waals surface area contributed by atoms with Gasteiger partial charge in [-0.05, 0) is 17.7 Å². The van der Waals surface area contributed by atoms with Crippen molar-refractivity contribution in [2.75, 3.05) is 0 Å². The van der Waals surface area contributed by atoms with E-state index in [4.69, 9.17) is 16.3 Å². The number of aromatic nitrogens is 1. The first-order valence-corrected chi connectivity index (χ1v) is 6.64. The largest absolute Gasteiger partial charge is 0.460 e. The molecule has 3 nitrogen and oxygen atoms in total. The Labute approximate surface area is 129 Å². The second-order valence-corrected chi connectivity index (χ2v) is 4.91. The number of rotatable bonds is 4. The van der Waals surface area contributed by atoms with Crippen LogP contribution in [0.2, 0.25) is 5.15 Å². The van der Waals surface area contributed by atoms with Gasteiger partial charge in [0.15, 0.2) is 0 Å². The summed E-state index contributed by atoms with van der Waals surface area (Å²) in [7, 11) is 0. The molecule has 22 heavy (non-hydrogen) atoms. The highest BCUT2D eigenvalue weighted by molar-refractivity contribution is 6.29. The monoisotopic (exact) mass is 329 g/mol. The van der Waals surface area contributed by atoms with Gasteiger partial charge < -0.3 is 4.74 Å². The molecule has 7 heteroatoms. The molecule has 116 valence electrons. The molecular formula is C15H11ClF3NO2. The Hall–Kier alpha value is -2.08. The molecule has 0 amide bonds. The van der Waals surface area contributed by atoms with Crippen molar-refractivity contribution >= 4 is 17.6 Å². The van der Waals surface area contributed by atoms with Gasteiger partial charge in [-0.3, -0.25) is 4.79 Å². The number of hydrogen-bond donors (Lipinski definition) is 0. The lowest BCUT2D eigenvalue weighted by molar-refractivity contribution is -0.144. The number of alkyl halides is 3. The van der Waals surface area contributed by atoms with Crippen molar-refractivity contribution in [3.05, 3.63) is 64.4 Å². The summed E-state index contributed by atoms with van der Waals surface area (Å²) in [6.07, 6.45) is -3.21. The van der Waals surface area contributed by atoms with Crippen LogP contribution < -0.4 is 0 Å². The quantitative estimate of drug-likeness (QED) is 0.627. The minimum atomic E-state index is -4.44. The summed E-state index contributed by atoms with van der Waals surface area (Å²) in [6, 6.07) is 7.79. The van der Waals surface area contributed by atoms with Crippen LogP contribution in [0.5, 0.6) is 0 Å². The molecule has 0 unspecified atom stereocenters. The average molecular weight is 330 g/mol. The van der Waals surface area contributed by atoms with Crippen molar-refractivity contribution in [1.82, 2.24) is 4.98 Å². The van der Waals surface area contributed by atoms with E-state index in [1.807, 2.05) is 0 Å². The lowest BCUT2D eigenvalue weighted by atomic mass is 10.1. The van der Waals surface area contributed by atoms with Gasteiger partial charge >= 0.3 is 12.1 Å². The molecule has 0 aliphatic rings. The molecule has 0 bridgehead atoms. The van der Waals surface area contributed by atoms with Crippen molar-refractivity contribution in [3.8, 4) is 0 Å². The second kappa shape index (κ2) is 6.79. The summed E-state index contributed by atoms with van der Waals surface area (Å²) >= 11 is 5.62. The number of benzene rings is 1. The van der Waals surface area contributed by atoms with Crippen LogP contribution >= 0.6 is 11.6 Å². The first kappa shape index (κ1) is 16.3. The van der Waals surface area contributed by atoms with Crippen LogP contribution in [0.4, 0.5) is 13.2 Å². The number of nitrogens with zero attached hydrogens (tertiary/aromatic N) is 1.